The lowest BCUT2D eigenvalue weighted by Crippen LogP contribution is -2.65. The van der Waals surface area contributed by atoms with E-state index in [9.17, 15) is 65.4 Å². The molecule has 22 nitrogen and oxygen atoms in total. The molecule has 0 aliphatic carbocycles. The number of carbonyl (C=O) groups excluding carboxylic acids is 3. The number of fused-ring (bicyclic) bond motifs is 2. The van der Waals surface area contributed by atoms with Gasteiger partial charge >= 0.3 is 5.97 Å². The number of hydrogen-bond donors (Lipinski definition) is 14. The van der Waals surface area contributed by atoms with E-state index < -0.39 is 159 Å². The fourth-order valence-corrected chi connectivity index (χ4v) is 9.59. The third-order valence-electron chi connectivity index (χ3n) is 14.4. The monoisotopic (exact) mass is 1120 g/mol. The number of nitrogens with two attached hydrogens (primary N) is 2. The molecule has 0 aromatic heterocycles. The van der Waals surface area contributed by atoms with E-state index in [0.717, 1.165) is 0 Å². The Hall–Kier alpha value is -4.05. The third kappa shape index (κ3) is 24.9. The summed E-state index contributed by atoms with van der Waals surface area (Å²) in [6, 6.07) is -2.29. The minimum atomic E-state index is -2.32. The van der Waals surface area contributed by atoms with Gasteiger partial charge in [0.05, 0.1) is 85.5 Å². The molecule has 2 saturated heterocycles. The van der Waals surface area contributed by atoms with Gasteiger partial charge in [-0.3, -0.25) is 14.4 Å². The van der Waals surface area contributed by atoms with Gasteiger partial charge in [0.15, 0.2) is 12.1 Å². The zero-order valence-electron chi connectivity index (χ0n) is 46.9. The number of amides is 2. The van der Waals surface area contributed by atoms with Crippen LogP contribution in [0.5, 0.6) is 0 Å². The zero-order chi connectivity index (χ0) is 58.8. The molecule has 0 aromatic rings. The number of cyclic esters (lactones) is 1. The normalized spacial score (nSPS) is 39.9. The van der Waals surface area contributed by atoms with Crippen molar-refractivity contribution in [3.8, 4) is 0 Å². The fraction of sp³-hybridized carbons (Fsp3) is 0.702. The Balaban J connectivity index is 2.00. The first kappa shape index (κ1) is 69.2. The van der Waals surface area contributed by atoms with Crippen molar-refractivity contribution in [2.45, 2.75) is 202 Å². The number of aliphatic hydroxyl groups is 10. The smallest absolute Gasteiger partial charge is 0.308 e. The minimum absolute atomic E-state index is 0.112. The molecule has 3 rings (SSSR count). The van der Waals surface area contributed by atoms with Gasteiger partial charge in [0, 0.05) is 44.1 Å². The lowest BCUT2D eigenvalue weighted by atomic mass is 9.82. The van der Waals surface area contributed by atoms with Crippen LogP contribution in [0.2, 0.25) is 0 Å². The molecule has 2 bridgehead atoms. The number of hydrogen-bond acceptors (Lipinski definition) is 20. The van der Waals surface area contributed by atoms with Crippen LogP contribution in [-0.4, -0.2) is 211 Å². The van der Waals surface area contributed by atoms with Gasteiger partial charge in [-0.1, -0.05) is 98.9 Å². The van der Waals surface area contributed by atoms with Gasteiger partial charge in [-0.15, -0.1) is 0 Å². The van der Waals surface area contributed by atoms with Crippen LogP contribution in [0.25, 0.3) is 0 Å². The van der Waals surface area contributed by atoms with Crippen molar-refractivity contribution in [1.29, 1.82) is 0 Å². The maximum atomic E-state index is 14.0. The molecule has 0 spiro atoms. The molecule has 0 radical (unpaired) electrons. The topological polar surface area (TPSA) is 370 Å². The van der Waals surface area contributed by atoms with Crippen LogP contribution < -0.4 is 22.1 Å². The molecule has 22 heteroatoms. The van der Waals surface area contributed by atoms with Crippen molar-refractivity contribution in [1.82, 2.24) is 15.5 Å². The van der Waals surface area contributed by atoms with E-state index in [-0.39, 0.29) is 44.6 Å². The Bertz CT molecular complexity index is 2020. The zero-order valence-corrected chi connectivity index (χ0v) is 46.9. The van der Waals surface area contributed by atoms with Crippen LogP contribution in [0.3, 0.4) is 0 Å². The molecule has 79 heavy (non-hydrogen) atoms. The van der Waals surface area contributed by atoms with Gasteiger partial charge in [-0.25, -0.2) is 0 Å². The number of carbonyl (C=O) groups is 3. The van der Waals surface area contributed by atoms with Crippen molar-refractivity contribution in [3.05, 3.63) is 85.1 Å². The Labute approximate surface area is 466 Å². The van der Waals surface area contributed by atoms with Crippen molar-refractivity contribution in [3.63, 3.8) is 0 Å². The Morgan fingerprint density at radius 2 is 1.34 bits per heavy atom. The predicted molar refractivity (Wildman–Crippen MR) is 296 cm³/mol. The van der Waals surface area contributed by atoms with Crippen LogP contribution in [0.4, 0.5) is 0 Å². The van der Waals surface area contributed by atoms with Gasteiger partial charge in [0.25, 0.3) is 0 Å². The van der Waals surface area contributed by atoms with Crippen LogP contribution in [0, 0.1) is 17.8 Å². The molecule has 2 amide bonds. The quantitative estimate of drug-likeness (QED) is 0.0897. The van der Waals surface area contributed by atoms with Crippen molar-refractivity contribution in [2.75, 3.05) is 33.7 Å². The summed E-state index contributed by atoms with van der Waals surface area (Å²) in [7, 11) is 3.76. The standard InChI is InChI=1S/C57H95N5O17/c1-35-21-17-15-13-11-9-7-8-10-12-14-16-18-22-42(78-56-53(72)50(52(71)38(4)77-56)61-54(73)43(59)23-19-26-58)32-47-49(55(74)60-27-20-28-62(5)6)46(68)34-57(75,79-47)33-41(65)30-45(67)44(66)25-24-39(63)29-40(64)31-48(69)76-37(3)36(2)51(35)70/h7-18,21-22,35-47,49-53,56,63-68,70-72,75H,19-20,23-34,58-59H2,1-6H3,(H,60,74)(H,61,73)/b8-7+,11-9+,12-10+,15-13+,16-14+,21-17-,22-18+/t35-,36-,37-,38+,39+,40+,41-,42-,43?,44+,45+,46-,47-,49+,50-,51+,52+,53-,56-,57+/m0/s1. The molecule has 3 aliphatic rings. The van der Waals surface area contributed by atoms with Gasteiger partial charge in [0.1, 0.15) is 18.3 Å². The van der Waals surface area contributed by atoms with Gasteiger partial charge < -0.3 is 97.0 Å². The molecule has 16 N–H and O–H groups in total. The lowest BCUT2D eigenvalue weighted by molar-refractivity contribution is -0.307. The van der Waals surface area contributed by atoms with Gasteiger partial charge in [0.2, 0.25) is 11.8 Å². The van der Waals surface area contributed by atoms with E-state index in [4.69, 9.17) is 30.4 Å². The summed E-state index contributed by atoms with van der Waals surface area (Å²) >= 11 is 0. The van der Waals surface area contributed by atoms with Crippen molar-refractivity contribution < 1.29 is 84.4 Å². The molecule has 1 unspecified atom stereocenters. The third-order valence-corrected chi connectivity index (χ3v) is 14.4. The molecular weight excluding hydrogens is 1030 g/mol. The van der Waals surface area contributed by atoms with Crippen LogP contribution in [0.15, 0.2) is 85.1 Å². The molecule has 2 fully saturated rings. The Kier molecular flexibility index (Phi) is 31.3. The first-order valence-corrected chi connectivity index (χ1v) is 27.8. The second-order valence-corrected chi connectivity index (χ2v) is 21.7. The SMILES string of the molecule is C[C@@H]1[C@H](O)[C@@H](C)\C=C/C=C/C=C/C=C/C=C/C=C/C=C/[C@H](O[C@@H]2O[C@H](C)[C@@H](O)[C@H](NC(=O)C(N)CCCN)[C@@H]2O)C[C@@H]2O[C@](O)(C[C@@H](O)C[C@@H](O)[C@H](O)CC[C@@H](O)C[C@@H](O)CC(=O)O[C@H]1C)C[C@H](O)[C@H]2C(=O)NCCCN(C)C. The predicted octanol–water partition coefficient (Wildman–Crippen LogP) is -0.0813. The number of nitrogens with zero attached hydrogens (tertiary/aromatic N) is 1. The van der Waals surface area contributed by atoms with Crippen LogP contribution in [-0.2, 0) is 33.3 Å². The largest absolute Gasteiger partial charge is 0.462 e. The van der Waals surface area contributed by atoms with Crippen molar-refractivity contribution in [2.24, 2.45) is 29.2 Å². The lowest BCUT2D eigenvalue weighted by Gasteiger charge is -2.46. The summed E-state index contributed by atoms with van der Waals surface area (Å²) in [4.78, 5) is 41.8. The highest BCUT2D eigenvalue weighted by molar-refractivity contribution is 5.82. The highest BCUT2D eigenvalue weighted by Gasteiger charge is 2.51. The molecular formula is C57H95N5O17. The summed E-state index contributed by atoms with van der Waals surface area (Å²) in [6.45, 7) is 7.91. The summed E-state index contributed by atoms with van der Waals surface area (Å²) in [6.07, 6.45) is 4.56. The Morgan fingerprint density at radius 3 is 1.95 bits per heavy atom. The average Bonchev–Trinajstić information content (AvgIpc) is 3.44. The summed E-state index contributed by atoms with van der Waals surface area (Å²) in [5.41, 5.74) is 11.7. The molecule has 0 aromatic carbocycles. The van der Waals surface area contributed by atoms with Crippen molar-refractivity contribution >= 4 is 17.8 Å². The number of allylic oxidation sites excluding steroid dienone is 12. The molecule has 3 heterocycles. The Morgan fingerprint density at radius 1 is 0.734 bits per heavy atom. The number of ether oxygens (including phenoxy) is 4. The summed E-state index contributed by atoms with van der Waals surface area (Å²) in [5, 5.41) is 117. The average molecular weight is 1120 g/mol. The first-order chi connectivity index (χ1) is 37.4. The highest BCUT2D eigenvalue weighted by Crippen LogP contribution is 2.38. The maximum absolute atomic E-state index is 14.0. The molecule has 3 aliphatic heterocycles. The summed E-state index contributed by atoms with van der Waals surface area (Å²) < 4.78 is 24.2. The van der Waals surface area contributed by atoms with Crippen LogP contribution >= 0.6 is 0 Å². The molecule has 450 valence electrons. The maximum Gasteiger partial charge on any atom is 0.308 e. The van der Waals surface area contributed by atoms with Crippen LogP contribution in [0.1, 0.15) is 98.3 Å². The minimum Gasteiger partial charge on any atom is -0.462 e. The van der Waals surface area contributed by atoms with E-state index >= 15 is 0 Å². The van der Waals surface area contributed by atoms with Gasteiger partial charge in [-0.2, -0.15) is 0 Å². The number of aliphatic hydroxyl groups excluding tert-OH is 9. The highest BCUT2D eigenvalue weighted by atomic mass is 16.7. The second kappa shape index (κ2) is 35.7. The van der Waals surface area contributed by atoms with E-state index in [1.807, 2.05) is 50.2 Å². The molecule has 0 saturated carbocycles. The first-order valence-electron chi connectivity index (χ1n) is 27.8. The van der Waals surface area contributed by atoms with E-state index in [0.29, 0.717) is 25.9 Å². The fourth-order valence-electron chi connectivity index (χ4n) is 9.59. The number of esters is 1. The second-order valence-electron chi connectivity index (χ2n) is 21.7. The molecule has 20 atom stereocenters. The van der Waals surface area contributed by atoms with E-state index in [1.54, 1.807) is 74.6 Å². The number of rotatable bonds is 12. The summed E-state index contributed by atoms with van der Waals surface area (Å²) in [5.74, 6) is -6.37. The van der Waals surface area contributed by atoms with Gasteiger partial charge in [-0.05, 0) is 79.6 Å². The number of nitrogens with one attached hydrogen (secondary N) is 2. The van der Waals surface area contributed by atoms with E-state index in [1.165, 1.54) is 6.92 Å². The van der Waals surface area contributed by atoms with E-state index in [2.05, 4.69) is 10.6 Å².